The molecule has 210 valence electrons. The number of carboxylic acids is 1. The normalized spacial score (nSPS) is 12.0. The molecular weight excluding hydrogens is 525 g/mol. The molecule has 0 aliphatic carbocycles. The van der Waals surface area contributed by atoms with Crippen LogP contribution in [0.3, 0.4) is 0 Å². The van der Waals surface area contributed by atoms with Gasteiger partial charge in [-0.2, -0.15) is 13.2 Å². The van der Waals surface area contributed by atoms with Gasteiger partial charge in [-0.25, -0.2) is 4.79 Å². The fraction of sp³-hybridized carbons (Fsp3) is 0.267. The van der Waals surface area contributed by atoms with E-state index in [4.69, 9.17) is 9.47 Å². The highest BCUT2D eigenvalue weighted by atomic mass is 19.4. The molecular formula is C30H29F3N2O5. The molecule has 4 aromatic rings. The lowest BCUT2D eigenvalue weighted by Crippen LogP contribution is -2.28. The zero-order valence-electron chi connectivity index (χ0n) is 22.6. The standard InChI is InChI=1S/C30H29F3N2O5/c1-17(2)39-20-11-9-19(10-12-20)35-24-16-22(40-21-8-6-7-18(15-21)30(31,32)33)13-14-23(24)25(26(35)27(36)37)34-28(38)29(3,4)5/h6-17H,1-5H3,(H,34,38)(H,36,37). The summed E-state index contributed by atoms with van der Waals surface area (Å²) in [5, 5.41) is 13.5. The lowest BCUT2D eigenvalue weighted by molar-refractivity contribution is -0.137. The molecule has 7 nitrogen and oxygen atoms in total. The predicted octanol–water partition coefficient (Wildman–Crippen LogP) is 7.91. The number of ether oxygens (including phenoxy) is 2. The van der Waals surface area contributed by atoms with E-state index in [1.807, 2.05) is 13.8 Å². The van der Waals surface area contributed by atoms with E-state index >= 15 is 0 Å². The van der Waals surface area contributed by atoms with Crippen LogP contribution in [0.15, 0.2) is 66.7 Å². The van der Waals surface area contributed by atoms with E-state index in [1.165, 1.54) is 28.8 Å². The number of alkyl halides is 3. The number of hydrogen-bond acceptors (Lipinski definition) is 4. The van der Waals surface area contributed by atoms with Crippen molar-refractivity contribution < 1.29 is 37.3 Å². The van der Waals surface area contributed by atoms with Crippen molar-refractivity contribution in [3.8, 4) is 22.9 Å². The molecule has 1 heterocycles. The summed E-state index contributed by atoms with van der Waals surface area (Å²) < 4.78 is 52.5. The molecule has 0 saturated heterocycles. The summed E-state index contributed by atoms with van der Waals surface area (Å²) in [5.74, 6) is -0.956. The summed E-state index contributed by atoms with van der Waals surface area (Å²) in [7, 11) is 0. The van der Waals surface area contributed by atoms with Crippen molar-refractivity contribution in [2.45, 2.75) is 46.9 Å². The molecule has 0 aliphatic rings. The molecule has 0 spiro atoms. The number of aromatic carboxylic acids is 1. The lowest BCUT2D eigenvalue weighted by Gasteiger charge is -2.18. The number of carbonyl (C=O) groups excluding carboxylic acids is 1. The van der Waals surface area contributed by atoms with E-state index in [0.29, 0.717) is 22.3 Å². The van der Waals surface area contributed by atoms with Crippen LogP contribution in [0.5, 0.6) is 17.2 Å². The Bertz CT molecular complexity index is 1570. The quantitative estimate of drug-likeness (QED) is 0.242. The van der Waals surface area contributed by atoms with E-state index < -0.39 is 23.1 Å². The van der Waals surface area contributed by atoms with Gasteiger partial charge < -0.3 is 24.5 Å². The van der Waals surface area contributed by atoms with Gasteiger partial charge in [-0.1, -0.05) is 26.8 Å². The Balaban J connectivity index is 1.90. The smallest absolute Gasteiger partial charge is 0.416 e. The zero-order valence-corrected chi connectivity index (χ0v) is 22.6. The first-order chi connectivity index (χ1) is 18.6. The maximum atomic E-state index is 13.2. The highest BCUT2D eigenvalue weighted by molar-refractivity contribution is 6.12. The average Bonchev–Trinajstić information content (AvgIpc) is 3.17. The third kappa shape index (κ3) is 6.06. The lowest BCUT2D eigenvalue weighted by atomic mass is 9.95. The summed E-state index contributed by atoms with van der Waals surface area (Å²) in [6.07, 6.45) is -4.61. The van der Waals surface area contributed by atoms with E-state index in [9.17, 15) is 27.9 Å². The Hall–Kier alpha value is -4.47. The number of amides is 1. The minimum absolute atomic E-state index is 0.0396. The van der Waals surface area contributed by atoms with Gasteiger partial charge >= 0.3 is 12.1 Å². The molecule has 40 heavy (non-hydrogen) atoms. The monoisotopic (exact) mass is 554 g/mol. The van der Waals surface area contributed by atoms with Gasteiger partial charge in [-0.3, -0.25) is 4.79 Å². The van der Waals surface area contributed by atoms with Crippen molar-refractivity contribution in [2.24, 2.45) is 5.41 Å². The van der Waals surface area contributed by atoms with Gasteiger partial charge in [0.2, 0.25) is 5.91 Å². The van der Waals surface area contributed by atoms with Crippen LogP contribution < -0.4 is 14.8 Å². The Labute approximate surface area is 229 Å². The number of carbonyl (C=O) groups is 2. The third-order valence-corrected chi connectivity index (χ3v) is 5.93. The number of benzene rings is 3. The van der Waals surface area contributed by atoms with Crippen molar-refractivity contribution in [1.29, 1.82) is 0 Å². The molecule has 0 fully saturated rings. The fourth-order valence-corrected chi connectivity index (χ4v) is 4.05. The molecule has 2 N–H and O–H groups in total. The molecule has 0 saturated carbocycles. The largest absolute Gasteiger partial charge is 0.491 e. The number of rotatable bonds is 7. The van der Waals surface area contributed by atoms with E-state index in [-0.39, 0.29) is 34.9 Å². The highest BCUT2D eigenvalue weighted by Gasteiger charge is 2.31. The molecule has 0 atom stereocenters. The SMILES string of the molecule is CC(C)Oc1ccc(-n2c(C(=O)O)c(NC(=O)C(C)(C)C)c3ccc(Oc4cccc(C(F)(F)F)c4)cc32)cc1. The van der Waals surface area contributed by atoms with Crippen LogP contribution in [0.25, 0.3) is 16.6 Å². The number of aromatic nitrogens is 1. The molecule has 0 unspecified atom stereocenters. The van der Waals surface area contributed by atoms with Gasteiger partial charge in [0.25, 0.3) is 0 Å². The minimum atomic E-state index is -4.54. The average molecular weight is 555 g/mol. The van der Waals surface area contributed by atoms with Crippen molar-refractivity contribution in [3.05, 3.63) is 78.0 Å². The molecule has 0 bridgehead atoms. The Morgan fingerprint density at radius 1 is 0.900 bits per heavy atom. The van der Waals surface area contributed by atoms with Crippen LogP contribution in [0.2, 0.25) is 0 Å². The van der Waals surface area contributed by atoms with Gasteiger partial charge in [0.1, 0.15) is 17.2 Å². The topological polar surface area (TPSA) is 89.8 Å². The van der Waals surface area contributed by atoms with Crippen LogP contribution in [-0.2, 0) is 11.0 Å². The molecule has 1 amide bonds. The molecule has 1 aromatic heterocycles. The predicted molar refractivity (Wildman–Crippen MR) is 146 cm³/mol. The molecule has 0 aliphatic heterocycles. The van der Waals surface area contributed by atoms with E-state index in [0.717, 1.165) is 12.1 Å². The van der Waals surface area contributed by atoms with Crippen LogP contribution in [0, 0.1) is 5.41 Å². The summed E-state index contributed by atoms with van der Waals surface area (Å²) in [5.41, 5.74) is -0.947. The number of nitrogens with one attached hydrogen (secondary N) is 1. The summed E-state index contributed by atoms with van der Waals surface area (Å²) in [6, 6.07) is 15.8. The second-order valence-electron chi connectivity index (χ2n) is 10.5. The second-order valence-corrected chi connectivity index (χ2v) is 10.5. The van der Waals surface area contributed by atoms with E-state index in [1.54, 1.807) is 51.1 Å². The molecule has 0 radical (unpaired) electrons. The van der Waals surface area contributed by atoms with Crippen molar-refractivity contribution >= 4 is 28.5 Å². The van der Waals surface area contributed by atoms with Crippen LogP contribution in [0.4, 0.5) is 18.9 Å². The number of hydrogen-bond donors (Lipinski definition) is 2. The fourth-order valence-electron chi connectivity index (χ4n) is 4.05. The Morgan fingerprint density at radius 3 is 2.10 bits per heavy atom. The first-order valence-corrected chi connectivity index (χ1v) is 12.5. The number of halogens is 3. The van der Waals surface area contributed by atoms with Gasteiger partial charge in [-0.15, -0.1) is 0 Å². The summed E-state index contributed by atoms with van der Waals surface area (Å²) >= 11 is 0. The second kappa shape index (κ2) is 10.6. The number of anilines is 1. The number of fused-ring (bicyclic) bond motifs is 1. The number of carboxylic acid groups (broad SMARTS) is 1. The minimum Gasteiger partial charge on any atom is -0.491 e. The first-order valence-electron chi connectivity index (χ1n) is 12.5. The van der Waals surface area contributed by atoms with Gasteiger partial charge in [0.05, 0.1) is 22.9 Å². The zero-order chi connectivity index (χ0) is 29.4. The summed E-state index contributed by atoms with van der Waals surface area (Å²) in [4.78, 5) is 25.5. The molecule has 10 heteroatoms. The van der Waals surface area contributed by atoms with Crippen LogP contribution in [0.1, 0.15) is 50.7 Å². The highest BCUT2D eigenvalue weighted by Crippen LogP contribution is 2.39. The summed E-state index contributed by atoms with van der Waals surface area (Å²) in [6.45, 7) is 8.88. The van der Waals surface area contributed by atoms with Crippen LogP contribution >= 0.6 is 0 Å². The van der Waals surface area contributed by atoms with Gasteiger partial charge in [0, 0.05) is 22.6 Å². The Kier molecular flexibility index (Phi) is 7.56. The molecule has 4 rings (SSSR count). The van der Waals surface area contributed by atoms with E-state index in [2.05, 4.69) is 5.32 Å². The molecule has 3 aromatic carbocycles. The van der Waals surface area contributed by atoms with Crippen LogP contribution in [-0.4, -0.2) is 27.7 Å². The third-order valence-electron chi connectivity index (χ3n) is 5.93. The maximum Gasteiger partial charge on any atom is 0.416 e. The number of nitrogens with zero attached hydrogens (tertiary/aromatic N) is 1. The maximum absolute atomic E-state index is 13.2. The Morgan fingerprint density at radius 2 is 1.52 bits per heavy atom. The van der Waals surface area contributed by atoms with Crippen molar-refractivity contribution in [1.82, 2.24) is 4.57 Å². The van der Waals surface area contributed by atoms with Crippen molar-refractivity contribution in [3.63, 3.8) is 0 Å². The van der Waals surface area contributed by atoms with Gasteiger partial charge in [-0.05, 0) is 68.4 Å². The first kappa shape index (κ1) is 28.5. The van der Waals surface area contributed by atoms with Gasteiger partial charge in [0.15, 0.2) is 5.69 Å². The van der Waals surface area contributed by atoms with Crippen molar-refractivity contribution in [2.75, 3.05) is 5.32 Å².